The minimum absolute atomic E-state index is 0.144. The van der Waals surface area contributed by atoms with E-state index in [1.54, 1.807) is 7.11 Å². The number of benzene rings is 1. The van der Waals surface area contributed by atoms with E-state index in [1.165, 1.54) is 5.56 Å². The molecule has 0 aromatic heterocycles. The largest absolute Gasteiger partial charge is 0.496 e. The van der Waals surface area contributed by atoms with Crippen LogP contribution in [0, 0.1) is 11.8 Å². The minimum atomic E-state index is 0.144. The first-order valence-electron chi connectivity index (χ1n) is 7.30. The number of hydrogen-bond acceptors (Lipinski definition) is 2. The molecule has 20 heavy (non-hydrogen) atoms. The second kappa shape index (κ2) is 7.33. The van der Waals surface area contributed by atoms with Gasteiger partial charge in [-0.15, -0.1) is 0 Å². The molecular formula is C17H28ClNO. The fourth-order valence-corrected chi connectivity index (χ4v) is 2.36. The van der Waals surface area contributed by atoms with E-state index in [-0.39, 0.29) is 5.54 Å². The Bertz CT molecular complexity index is 423. The SMILES string of the molecule is COc1ccc(Cl)cc1CC(CNC(C)(C)C)C(C)C. The van der Waals surface area contributed by atoms with Crippen LogP contribution in [0.2, 0.25) is 5.02 Å². The highest BCUT2D eigenvalue weighted by molar-refractivity contribution is 6.30. The van der Waals surface area contributed by atoms with E-state index in [9.17, 15) is 0 Å². The summed E-state index contributed by atoms with van der Waals surface area (Å²) in [5.41, 5.74) is 1.33. The number of methoxy groups -OCH3 is 1. The Labute approximate surface area is 128 Å². The zero-order valence-electron chi connectivity index (χ0n) is 13.6. The van der Waals surface area contributed by atoms with Gasteiger partial charge in [-0.1, -0.05) is 25.4 Å². The standard InChI is InChI=1S/C17H28ClNO/c1-12(2)14(11-19-17(3,4)5)9-13-10-15(18)7-8-16(13)20-6/h7-8,10,12,14,19H,9,11H2,1-6H3. The van der Waals surface area contributed by atoms with Gasteiger partial charge in [-0.3, -0.25) is 0 Å². The molecule has 0 aliphatic carbocycles. The lowest BCUT2D eigenvalue weighted by molar-refractivity contribution is 0.308. The van der Waals surface area contributed by atoms with Crippen LogP contribution >= 0.6 is 11.6 Å². The zero-order valence-corrected chi connectivity index (χ0v) is 14.3. The van der Waals surface area contributed by atoms with Crippen molar-refractivity contribution in [3.63, 3.8) is 0 Å². The molecular weight excluding hydrogens is 270 g/mol. The molecule has 1 N–H and O–H groups in total. The third-order valence-corrected chi connectivity index (χ3v) is 3.80. The molecule has 1 aromatic rings. The number of rotatable bonds is 6. The fourth-order valence-electron chi connectivity index (χ4n) is 2.17. The predicted molar refractivity (Wildman–Crippen MR) is 87.8 cm³/mol. The van der Waals surface area contributed by atoms with Crippen LogP contribution in [-0.4, -0.2) is 19.2 Å². The van der Waals surface area contributed by atoms with E-state index in [0.717, 1.165) is 23.7 Å². The van der Waals surface area contributed by atoms with Crippen LogP contribution < -0.4 is 10.1 Å². The lowest BCUT2D eigenvalue weighted by Gasteiger charge is -2.28. The normalized spacial score (nSPS) is 13.6. The van der Waals surface area contributed by atoms with E-state index in [0.29, 0.717) is 11.8 Å². The van der Waals surface area contributed by atoms with Gasteiger partial charge in [-0.05, 0) is 69.3 Å². The average molecular weight is 298 g/mol. The van der Waals surface area contributed by atoms with Crippen molar-refractivity contribution in [2.45, 2.75) is 46.6 Å². The molecule has 1 unspecified atom stereocenters. The van der Waals surface area contributed by atoms with Crippen molar-refractivity contribution in [1.82, 2.24) is 5.32 Å². The van der Waals surface area contributed by atoms with E-state index in [4.69, 9.17) is 16.3 Å². The topological polar surface area (TPSA) is 21.3 Å². The summed E-state index contributed by atoms with van der Waals surface area (Å²) in [5, 5.41) is 4.37. The van der Waals surface area contributed by atoms with Crippen molar-refractivity contribution >= 4 is 11.6 Å². The van der Waals surface area contributed by atoms with Gasteiger partial charge in [0.25, 0.3) is 0 Å². The van der Waals surface area contributed by atoms with Crippen LogP contribution in [0.4, 0.5) is 0 Å². The first kappa shape index (κ1) is 17.3. The molecule has 0 heterocycles. The molecule has 2 nitrogen and oxygen atoms in total. The molecule has 0 radical (unpaired) electrons. The van der Waals surface area contributed by atoms with Crippen molar-refractivity contribution in [3.8, 4) is 5.75 Å². The maximum Gasteiger partial charge on any atom is 0.122 e. The third-order valence-electron chi connectivity index (χ3n) is 3.56. The highest BCUT2D eigenvalue weighted by Gasteiger charge is 2.19. The molecule has 0 bridgehead atoms. The maximum absolute atomic E-state index is 6.12. The van der Waals surface area contributed by atoms with Crippen LogP contribution in [0.3, 0.4) is 0 Å². The highest BCUT2D eigenvalue weighted by atomic mass is 35.5. The Morgan fingerprint density at radius 3 is 2.40 bits per heavy atom. The maximum atomic E-state index is 6.12. The molecule has 1 rings (SSSR count). The quantitative estimate of drug-likeness (QED) is 0.831. The van der Waals surface area contributed by atoms with Crippen LogP contribution in [0.25, 0.3) is 0 Å². The number of nitrogens with one attached hydrogen (secondary N) is 1. The molecule has 1 aromatic carbocycles. The zero-order chi connectivity index (χ0) is 15.3. The number of halogens is 1. The van der Waals surface area contributed by atoms with Gasteiger partial charge in [0.2, 0.25) is 0 Å². The number of hydrogen-bond donors (Lipinski definition) is 1. The van der Waals surface area contributed by atoms with E-state index >= 15 is 0 Å². The second-order valence-electron chi connectivity index (χ2n) is 6.80. The first-order valence-corrected chi connectivity index (χ1v) is 7.68. The molecule has 0 saturated carbocycles. The van der Waals surface area contributed by atoms with Gasteiger partial charge in [0.1, 0.15) is 5.75 Å². The Hall–Kier alpha value is -0.730. The molecule has 114 valence electrons. The Morgan fingerprint density at radius 2 is 1.90 bits per heavy atom. The molecule has 0 fully saturated rings. The smallest absolute Gasteiger partial charge is 0.122 e. The van der Waals surface area contributed by atoms with Crippen molar-refractivity contribution < 1.29 is 4.74 Å². The second-order valence-corrected chi connectivity index (χ2v) is 7.23. The molecule has 3 heteroatoms. The number of ether oxygens (including phenoxy) is 1. The summed E-state index contributed by atoms with van der Waals surface area (Å²) in [6.07, 6.45) is 0.977. The minimum Gasteiger partial charge on any atom is -0.496 e. The summed E-state index contributed by atoms with van der Waals surface area (Å²) in [7, 11) is 1.71. The summed E-state index contributed by atoms with van der Waals surface area (Å²) in [5.74, 6) is 2.09. The molecule has 0 spiro atoms. The molecule has 0 aliphatic rings. The Kier molecular flexibility index (Phi) is 6.35. The van der Waals surface area contributed by atoms with Crippen LogP contribution in [0.1, 0.15) is 40.2 Å². The summed E-state index contributed by atoms with van der Waals surface area (Å²) in [6.45, 7) is 12.1. The first-order chi connectivity index (χ1) is 9.23. The van der Waals surface area contributed by atoms with Crippen molar-refractivity contribution in [3.05, 3.63) is 28.8 Å². The van der Waals surface area contributed by atoms with E-state index < -0.39 is 0 Å². The molecule has 0 amide bonds. The third kappa shape index (κ3) is 5.72. The summed E-state index contributed by atoms with van der Waals surface area (Å²) in [6, 6.07) is 5.85. The molecule has 0 aliphatic heterocycles. The van der Waals surface area contributed by atoms with Gasteiger partial charge >= 0.3 is 0 Å². The van der Waals surface area contributed by atoms with Crippen LogP contribution in [0.15, 0.2) is 18.2 Å². The van der Waals surface area contributed by atoms with E-state index in [1.807, 2.05) is 18.2 Å². The lowest BCUT2D eigenvalue weighted by atomic mass is 9.88. The van der Waals surface area contributed by atoms with Gasteiger partial charge in [-0.25, -0.2) is 0 Å². The summed E-state index contributed by atoms with van der Waals surface area (Å²) in [4.78, 5) is 0. The van der Waals surface area contributed by atoms with Gasteiger partial charge in [0.05, 0.1) is 7.11 Å². The summed E-state index contributed by atoms with van der Waals surface area (Å²) < 4.78 is 5.45. The average Bonchev–Trinajstić information content (AvgIpc) is 2.33. The van der Waals surface area contributed by atoms with Crippen molar-refractivity contribution in [1.29, 1.82) is 0 Å². The monoisotopic (exact) mass is 297 g/mol. The van der Waals surface area contributed by atoms with Gasteiger partial charge < -0.3 is 10.1 Å². The Morgan fingerprint density at radius 1 is 1.25 bits per heavy atom. The predicted octanol–water partition coefficient (Wildman–Crippen LogP) is 4.55. The van der Waals surface area contributed by atoms with Gasteiger partial charge in [0.15, 0.2) is 0 Å². The fraction of sp³-hybridized carbons (Fsp3) is 0.647. The van der Waals surface area contributed by atoms with Gasteiger partial charge in [0, 0.05) is 10.6 Å². The van der Waals surface area contributed by atoms with Gasteiger partial charge in [-0.2, -0.15) is 0 Å². The van der Waals surface area contributed by atoms with E-state index in [2.05, 4.69) is 39.9 Å². The molecule has 0 saturated heterocycles. The van der Waals surface area contributed by atoms with Crippen molar-refractivity contribution in [2.24, 2.45) is 11.8 Å². The van der Waals surface area contributed by atoms with Crippen LogP contribution in [-0.2, 0) is 6.42 Å². The van der Waals surface area contributed by atoms with Crippen LogP contribution in [0.5, 0.6) is 5.75 Å². The summed E-state index contributed by atoms with van der Waals surface area (Å²) >= 11 is 6.12. The Balaban J connectivity index is 2.82. The highest BCUT2D eigenvalue weighted by Crippen LogP contribution is 2.27. The lowest BCUT2D eigenvalue weighted by Crippen LogP contribution is -2.40. The molecule has 1 atom stereocenters. The van der Waals surface area contributed by atoms with Crippen molar-refractivity contribution in [2.75, 3.05) is 13.7 Å².